The average molecular weight is 404 g/mol. The molecule has 0 fully saturated rings. The lowest BCUT2D eigenvalue weighted by molar-refractivity contribution is -0.124. The number of benzene rings is 2. The first-order chi connectivity index (χ1) is 12.0. The van der Waals surface area contributed by atoms with Crippen molar-refractivity contribution in [2.75, 3.05) is 0 Å². The normalized spacial score (nSPS) is 11.0. The smallest absolute Gasteiger partial charge is 0.271 e. The van der Waals surface area contributed by atoms with Crippen molar-refractivity contribution in [2.45, 2.75) is 0 Å². The Bertz CT molecular complexity index is 832. The number of aromatic hydroxyl groups is 1. The van der Waals surface area contributed by atoms with Crippen LogP contribution in [0.2, 0.25) is 0 Å². The predicted octanol–water partition coefficient (Wildman–Crippen LogP) is 2.44. The summed E-state index contributed by atoms with van der Waals surface area (Å²) in [6, 6.07) is 11.3. The molecule has 2 rings (SSSR count). The third-order valence-corrected chi connectivity index (χ3v) is 3.56. The van der Waals surface area contributed by atoms with Gasteiger partial charge in [0, 0.05) is 21.7 Å². The van der Waals surface area contributed by atoms with Gasteiger partial charge in [-0.05, 0) is 42.0 Å². The second kappa shape index (κ2) is 8.76. The number of hydroxylamine groups is 1. The molecule has 7 nitrogen and oxygen atoms in total. The Morgan fingerprint density at radius 3 is 2.52 bits per heavy atom. The Kier molecular flexibility index (Phi) is 6.44. The van der Waals surface area contributed by atoms with Crippen LogP contribution >= 0.6 is 15.9 Å². The predicted molar refractivity (Wildman–Crippen MR) is 96.3 cm³/mol. The van der Waals surface area contributed by atoms with Crippen molar-refractivity contribution in [3.05, 3.63) is 69.7 Å². The van der Waals surface area contributed by atoms with E-state index in [1.807, 2.05) is 0 Å². The van der Waals surface area contributed by atoms with Gasteiger partial charge >= 0.3 is 0 Å². The maximum Gasteiger partial charge on any atom is 0.271 e. The first-order valence-corrected chi connectivity index (χ1v) is 7.83. The minimum Gasteiger partial charge on any atom is -0.507 e. The summed E-state index contributed by atoms with van der Waals surface area (Å²) in [5.41, 5.74) is 5.36. The quantitative estimate of drug-likeness (QED) is 0.266. The van der Waals surface area contributed by atoms with Gasteiger partial charge in [-0.1, -0.05) is 28.1 Å². The van der Waals surface area contributed by atoms with Gasteiger partial charge in [-0.3, -0.25) is 14.8 Å². The van der Waals surface area contributed by atoms with Crippen molar-refractivity contribution in [1.82, 2.24) is 10.9 Å². The molecule has 128 valence electrons. The van der Waals surface area contributed by atoms with Crippen LogP contribution in [0.1, 0.15) is 21.5 Å². The number of rotatable bonds is 5. The number of hydrazone groups is 1. The molecular formula is C17H14BrN3O4. The van der Waals surface area contributed by atoms with Crippen molar-refractivity contribution in [1.29, 1.82) is 0 Å². The average Bonchev–Trinajstić information content (AvgIpc) is 2.62. The van der Waals surface area contributed by atoms with E-state index in [9.17, 15) is 14.7 Å². The van der Waals surface area contributed by atoms with E-state index >= 15 is 0 Å². The van der Waals surface area contributed by atoms with Crippen LogP contribution < -0.4 is 10.9 Å². The van der Waals surface area contributed by atoms with Gasteiger partial charge in [0.25, 0.3) is 11.8 Å². The molecule has 0 bridgehead atoms. The number of amides is 2. The number of nitrogens with zero attached hydrogens (tertiary/aromatic N) is 1. The summed E-state index contributed by atoms with van der Waals surface area (Å²) in [5, 5.41) is 21.9. The van der Waals surface area contributed by atoms with Gasteiger partial charge in [0.1, 0.15) is 5.75 Å². The molecule has 0 unspecified atom stereocenters. The number of carbonyl (C=O) groups excluding carboxylic acids is 2. The highest BCUT2D eigenvalue weighted by Crippen LogP contribution is 2.19. The highest BCUT2D eigenvalue weighted by atomic mass is 79.9. The molecule has 0 spiro atoms. The monoisotopic (exact) mass is 403 g/mol. The zero-order valence-corrected chi connectivity index (χ0v) is 14.4. The van der Waals surface area contributed by atoms with E-state index in [1.54, 1.807) is 36.4 Å². The van der Waals surface area contributed by atoms with Gasteiger partial charge in [-0.25, -0.2) is 10.9 Å². The van der Waals surface area contributed by atoms with Crippen LogP contribution in [0.15, 0.2) is 58.1 Å². The second-order valence-electron chi connectivity index (χ2n) is 4.83. The fraction of sp³-hybridized carbons (Fsp3) is 0. The summed E-state index contributed by atoms with van der Waals surface area (Å²) in [7, 11) is 0. The van der Waals surface area contributed by atoms with Crippen LogP contribution in [0.5, 0.6) is 5.75 Å². The Hall–Kier alpha value is -2.97. The molecule has 2 aromatic rings. The number of halogens is 1. The van der Waals surface area contributed by atoms with Crippen LogP contribution in [0, 0.1) is 0 Å². The summed E-state index contributed by atoms with van der Waals surface area (Å²) in [6.45, 7) is 0. The molecule has 0 saturated carbocycles. The Morgan fingerprint density at radius 2 is 1.84 bits per heavy atom. The number of phenolic OH excluding ortho intramolecular Hbond substituents is 1. The van der Waals surface area contributed by atoms with E-state index in [4.69, 9.17) is 5.21 Å². The number of carbonyl (C=O) groups is 2. The zero-order chi connectivity index (χ0) is 18.2. The Morgan fingerprint density at radius 1 is 1.12 bits per heavy atom. The number of phenols is 1. The number of hydrogen-bond donors (Lipinski definition) is 4. The van der Waals surface area contributed by atoms with Gasteiger partial charge in [0.15, 0.2) is 0 Å². The van der Waals surface area contributed by atoms with Gasteiger partial charge < -0.3 is 5.11 Å². The van der Waals surface area contributed by atoms with Crippen LogP contribution in [-0.4, -0.2) is 28.3 Å². The van der Waals surface area contributed by atoms with Crippen LogP contribution in [0.3, 0.4) is 0 Å². The molecule has 25 heavy (non-hydrogen) atoms. The van der Waals surface area contributed by atoms with E-state index in [0.717, 1.165) is 10.5 Å². The maximum atomic E-state index is 12.0. The summed E-state index contributed by atoms with van der Waals surface area (Å²) >= 11 is 3.28. The van der Waals surface area contributed by atoms with Crippen LogP contribution in [-0.2, 0) is 4.79 Å². The van der Waals surface area contributed by atoms with Crippen molar-refractivity contribution in [3.8, 4) is 5.75 Å². The summed E-state index contributed by atoms with van der Waals surface area (Å²) in [6.07, 6.45) is 3.98. The first-order valence-electron chi connectivity index (χ1n) is 7.04. The Balaban J connectivity index is 1.99. The summed E-state index contributed by atoms with van der Waals surface area (Å²) in [4.78, 5) is 22.9. The van der Waals surface area contributed by atoms with Crippen molar-refractivity contribution < 1.29 is 19.9 Å². The van der Waals surface area contributed by atoms with Crippen molar-refractivity contribution in [2.24, 2.45) is 5.10 Å². The molecular weight excluding hydrogens is 390 g/mol. The van der Waals surface area contributed by atoms with E-state index in [0.29, 0.717) is 16.7 Å². The SMILES string of the molecule is O=C(/C=C/c1ccc(C(=O)N/N=C/c2cc(Br)ccc2O)cc1)NO. The highest BCUT2D eigenvalue weighted by Gasteiger charge is 2.04. The minimum atomic E-state index is -0.646. The van der Waals surface area contributed by atoms with E-state index in [1.165, 1.54) is 23.8 Å². The van der Waals surface area contributed by atoms with Crippen LogP contribution in [0.4, 0.5) is 0 Å². The Labute approximate surface area is 151 Å². The van der Waals surface area contributed by atoms with Crippen molar-refractivity contribution >= 4 is 40.0 Å². The molecule has 0 saturated heterocycles. The first kappa shape index (κ1) is 18.4. The molecule has 0 aliphatic carbocycles. The minimum absolute atomic E-state index is 0.0456. The van der Waals surface area contributed by atoms with Crippen LogP contribution in [0.25, 0.3) is 6.08 Å². The van der Waals surface area contributed by atoms with Gasteiger partial charge in [-0.2, -0.15) is 5.10 Å². The third kappa shape index (κ3) is 5.55. The molecule has 0 aromatic heterocycles. The molecule has 0 aliphatic rings. The largest absolute Gasteiger partial charge is 0.507 e. The second-order valence-corrected chi connectivity index (χ2v) is 5.75. The molecule has 0 radical (unpaired) electrons. The van der Waals surface area contributed by atoms with Gasteiger partial charge in [0.2, 0.25) is 0 Å². The lowest BCUT2D eigenvalue weighted by Crippen LogP contribution is -2.17. The third-order valence-electron chi connectivity index (χ3n) is 3.07. The topological polar surface area (TPSA) is 111 Å². The van der Waals surface area contributed by atoms with Crippen molar-refractivity contribution in [3.63, 3.8) is 0 Å². The standard InChI is InChI=1S/C17H14BrN3O4/c18-14-6-7-15(22)13(9-14)10-19-20-17(24)12-4-1-11(2-5-12)3-8-16(23)21-25/h1-10,22,25H,(H,20,24)(H,21,23)/b8-3+,19-10+. The zero-order valence-electron chi connectivity index (χ0n) is 12.8. The summed E-state index contributed by atoms with van der Waals surface area (Å²) < 4.78 is 0.775. The fourth-order valence-corrected chi connectivity index (χ4v) is 2.19. The lowest BCUT2D eigenvalue weighted by atomic mass is 10.1. The van der Waals surface area contributed by atoms with E-state index in [2.05, 4.69) is 26.5 Å². The molecule has 0 heterocycles. The van der Waals surface area contributed by atoms with E-state index in [-0.39, 0.29) is 5.75 Å². The summed E-state index contributed by atoms with van der Waals surface area (Å²) in [5.74, 6) is -1.02. The molecule has 4 N–H and O–H groups in total. The van der Waals surface area contributed by atoms with Gasteiger partial charge in [0.05, 0.1) is 6.21 Å². The van der Waals surface area contributed by atoms with E-state index < -0.39 is 11.8 Å². The molecule has 0 aliphatic heterocycles. The number of hydrogen-bond acceptors (Lipinski definition) is 5. The fourth-order valence-electron chi connectivity index (χ4n) is 1.81. The number of nitrogens with one attached hydrogen (secondary N) is 2. The maximum absolute atomic E-state index is 12.0. The van der Waals surface area contributed by atoms with Gasteiger partial charge in [-0.15, -0.1) is 0 Å². The lowest BCUT2D eigenvalue weighted by Gasteiger charge is -2.02. The highest BCUT2D eigenvalue weighted by molar-refractivity contribution is 9.10. The molecule has 8 heteroatoms. The molecule has 2 aromatic carbocycles. The molecule has 0 atom stereocenters. The molecule has 2 amide bonds.